The van der Waals surface area contributed by atoms with E-state index < -0.39 is 8.07 Å². The second kappa shape index (κ2) is 8.03. The van der Waals surface area contributed by atoms with Crippen molar-refractivity contribution in [1.29, 1.82) is 5.26 Å². The second-order valence-corrected chi connectivity index (χ2v) is 11.2. The number of pyridine rings is 1. The molecule has 0 amide bonds. The normalized spacial score (nSPS) is 11.7. The molecule has 0 aliphatic carbocycles. The summed E-state index contributed by atoms with van der Waals surface area (Å²) in [6, 6.07) is 24.1. The van der Waals surface area contributed by atoms with Crippen LogP contribution in [0.5, 0.6) is 5.75 Å². The Bertz CT molecular complexity index is 970. The molecule has 27 heavy (non-hydrogen) atoms. The topological polar surface area (TPSA) is 45.9 Å². The molecular formula is C23H22N2OSi. The van der Waals surface area contributed by atoms with Gasteiger partial charge in [0.1, 0.15) is 13.8 Å². The van der Waals surface area contributed by atoms with Crippen LogP contribution in [-0.4, -0.2) is 20.2 Å². The molecular weight excluding hydrogens is 348 g/mol. The molecule has 1 heterocycles. The molecule has 2 aromatic carbocycles. The number of ether oxygens (including phenoxy) is 1. The molecule has 0 spiro atoms. The number of hydrogen-bond acceptors (Lipinski definition) is 3. The van der Waals surface area contributed by atoms with Crippen LogP contribution in [0.3, 0.4) is 0 Å². The summed E-state index contributed by atoms with van der Waals surface area (Å²) in [5, 5.41) is 10.2. The van der Waals surface area contributed by atoms with E-state index in [2.05, 4.69) is 48.0 Å². The first-order valence-corrected chi connectivity index (χ1v) is 11.9. The average molecular weight is 371 g/mol. The molecule has 0 aliphatic rings. The summed E-state index contributed by atoms with van der Waals surface area (Å²) < 4.78 is 5.30. The van der Waals surface area contributed by atoms with Crippen molar-refractivity contribution in [2.75, 3.05) is 7.11 Å². The summed E-state index contributed by atoms with van der Waals surface area (Å²) >= 11 is 0. The van der Waals surface area contributed by atoms with E-state index in [1.54, 1.807) is 7.11 Å². The maximum Gasteiger partial charge on any atom is 0.128 e. The summed E-state index contributed by atoms with van der Waals surface area (Å²) in [7, 11) is -0.251. The van der Waals surface area contributed by atoms with Gasteiger partial charge in [0.05, 0.1) is 18.7 Å². The fourth-order valence-corrected chi connectivity index (χ4v) is 5.14. The van der Waals surface area contributed by atoms with Gasteiger partial charge in [0.15, 0.2) is 0 Å². The van der Waals surface area contributed by atoms with E-state index in [9.17, 15) is 0 Å². The summed E-state index contributed by atoms with van der Waals surface area (Å²) in [4.78, 5) is 4.60. The third-order valence-electron chi connectivity index (χ3n) is 4.56. The Labute approximate surface area is 161 Å². The van der Waals surface area contributed by atoms with Crippen LogP contribution < -0.4 is 10.1 Å². The van der Waals surface area contributed by atoms with Crippen molar-refractivity contribution in [1.82, 2.24) is 4.98 Å². The third-order valence-corrected chi connectivity index (χ3v) is 7.18. The Kier molecular flexibility index (Phi) is 5.54. The molecule has 0 aliphatic heterocycles. The number of methoxy groups -OCH3 is 1. The molecule has 3 rings (SSSR count). The van der Waals surface area contributed by atoms with Crippen molar-refractivity contribution < 1.29 is 4.74 Å². The first-order chi connectivity index (χ1) is 13.0. The lowest BCUT2D eigenvalue weighted by Gasteiger charge is -2.20. The van der Waals surface area contributed by atoms with Gasteiger partial charge in [0.25, 0.3) is 0 Å². The van der Waals surface area contributed by atoms with Gasteiger partial charge in [0, 0.05) is 11.5 Å². The van der Waals surface area contributed by atoms with E-state index in [4.69, 9.17) is 10.00 Å². The zero-order valence-corrected chi connectivity index (χ0v) is 16.8. The van der Waals surface area contributed by atoms with E-state index in [1.807, 2.05) is 54.7 Å². The zero-order chi connectivity index (χ0) is 19.3. The number of nitrogens with zero attached hydrogens (tertiary/aromatic N) is 2. The highest BCUT2D eigenvalue weighted by Gasteiger charge is 2.24. The lowest BCUT2D eigenvalue weighted by molar-refractivity contribution is 0.415. The van der Waals surface area contributed by atoms with Crippen LogP contribution in [-0.2, 0) is 0 Å². The van der Waals surface area contributed by atoms with E-state index >= 15 is 0 Å². The van der Waals surface area contributed by atoms with Crippen LogP contribution >= 0.6 is 0 Å². The Hall–Kier alpha value is -3.16. The van der Waals surface area contributed by atoms with Crippen LogP contribution in [0, 0.1) is 11.3 Å². The van der Waals surface area contributed by atoms with Crippen molar-refractivity contribution in [3.63, 3.8) is 0 Å². The van der Waals surface area contributed by atoms with Gasteiger partial charge in [-0.15, -0.1) is 0 Å². The lowest BCUT2D eigenvalue weighted by Crippen LogP contribution is -2.41. The molecule has 0 bridgehead atoms. The third kappa shape index (κ3) is 4.33. The maximum atomic E-state index is 9.10. The monoisotopic (exact) mass is 370 g/mol. The fraction of sp³-hybridized carbons (Fsp3) is 0.130. The number of rotatable bonds is 5. The van der Waals surface area contributed by atoms with Crippen LogP contribution in [0.4, 0.5) is 0 Å². The highest BCUT2D eigenvalue weighted by molar-refractivity contribution is 6.94. The minimum absolute atomic E-state index is 0.661. The van der Waals surface area contributed by atoms with Crippen molar-refractivity contribution in [3.8, 4) is 11.8 Å². The van der Waals surface area contributed by atoms with E-state index in [1.165, 1.54) is 0 Å². The van der Waals surface area contributed by atoms with Crippen molar-refractivity contribution in [2.24, 2.45) is 0 Å². The minimum Gasteiger partial charge on any atom is -0.497 e. The molecule has 0 saturated heterocycles. The van der Waals surface area contributed by atoms with Crippen LogP contribution in [0.15, 0.2) is 78.6 Å². The molecule has 3 nitrogen and oxygen atoms in total. The van der Waals surface area contributed by atoms with Gasteiger partial charge >= 0.3 is 0 Å². The van der Waals surface area contributed by atoms with E-state index in [0.29, 0.717) is 5.56 Å². The number of benzene rings is 2. The van der Waals surface area contributed by atoms with Crippen molar-refractivity contribution in [2.45, 2.75) is 13.1 Å². The summed E-state index contributed by atoms with van der Waals surface area (Å²) in [5.74, 6) is 0.833. The lowest BCUT2D eigenvalue weighted by atomic mass is 9.98. The fourth-order valence-electron chi connectivity index (χ4n) is 3.01. The van der Waals surface area contributed by atoms with Crippen LogP contribution in [0.25, 0.3) is 5.57 Å². The molecule has 0 saturated carbocycles. The Morgan fingerprint density at radius 3 is 2.11 bits per heavy atom. The molecule has 3 aromatic rings. The van der Waals surface area contributed by atoms with E-state index in [-0.39, 0.29) is 0 Å². The van der Waals surface area contributed by atoms with Gasteiger partial charge in [0.2, 0.25) is 0 Å². The quantitative estimate of drug-likeness (QED) is 0.619. The standard InChI is InChI=1S/C23H22N2OSi/c1-26-21-13-11-20(12-14-21)22(19-9-7-18(16-24)8-10-19)17-27(2,3)23-6-4-5-15-25-23/h4-15,17H,1-3H3/b22-17-. The molecule has 0 fully saturated rings. The largest absolute Gasteiger partial charge is 0.497 e. The summed E-state index contributed by atoms with van der Waals surface area (Å²) in [6.07, 6.45) is 1.85. The molecule has 0 atom stereocenters. The SMILES string of the molecule is COc1ccc(/C(=C\[Si](C)(C)c2ccccn2)c2ccc(C#N)cc2)cc1. The number of hydrogen-bond donors (Lipinski definition) is 0. The molecule has 0 radical (unpaired) electrons. The summed E-state index contributed by atoms with van der Waals surface area (Å²) in [6.45, 7) is 4.59. The predicted octanol–water partition coefficient (Wildman–Crippen LogP) is 4.55. The van der Waals surface area contributed by atoms with Gasteiger partial charge < -0.3 is 4.74 Å². The molecule has 4 heteroatoms. The Balaban J connectivity index is 2.12. The van der Waals surface area contributed by atoms with Gasteiger partial charge in [-0.3, -0.25) is 4.98 Å². The first kappa shape index (κ1) is 18.6. The molecule has 134 valence electrons. The minimum atomic E-state index is -1.92. The van der Waals surface area contributed by atoms with Gasteiger partial charge in [-0.2, -0.15) is 5.26 Å². The number of nitriles is 1. The van der Waals surface area contributed by atoms with E-state index in [0.717, 1.165) is 27.8 Å². The van der Waals surface area contributed by atoms with Crippen LogP contribution in [0.1, 0.15) is 16.7 Å². The maximum absolute atomic E-state index is 9.10. The average Bonchev–Trinajstić information content (AvgIpc) is 2.73. The van der Waals surface area contributed by atoms with Crippen molar-refractivity contribution in [3.05, 3.63) is 95.3 Å². The van der Waals surface area contributed by atoms with Gasteiger partial charge in [-0.25, -0.2) is 0 Å². The first-order valence-electron chi connectivity index (χ1n) is 8.83. The molecule has 1 aromatic heterocycles. The summed E-state index contributed by atoms with van der Waals surface area (Å²) in [5.41, 5.74) is 6.41. The van der Waals surface area contributed by atoms with Crippen LogP contribution in [0.2, 0.25) is 13.1 Å². The Morgan fingerprint density at radius 2 is 1.59 bits per heavy atom. The molecule has 0 unspecified atom stereocenters. The highest BCUT2D eigenvalue weighted by atomic mass is 28.3. The smallest absolute Gasteiger partial charge is 0.128 e. The Morgan fingerprint density at radius 1 is 0.963 bits per heavy atom. The van der Waals surface area contributed by atoms with Gasteiger partial charge in [-0.1, -0.05) is 49.1 Å². The number of aromatic nitrogens is 1. The molecule has 0 N–H and O–H groups in total. The van der Waals surface area contributed by atoms with Gasteiger partial charge in [-0.05, 0) is 53.1 Å². The zero-order valence-electron chi connectivity index (χ0n) is 15.8. The highest BCUT2D eigenvalue weighted by Crippen LogP contribution is 2.27. The predicted molar refractivity (Wildman–Crippen MR) is 113 cm³/mol. The second-order valence-electron chi connectivity index (χ2n) is 6.91. The van der Waals surface area contributed by atoms with Crippen molar-refractivity contribution >= 4 is 19.0 Å².